The van der Waals surface area contributed by atoms with Crippen molar-refractivity contribution in [2.45, 2.75) is 58.7 Å². The highest BCUT2D eigenvalue weighted by molar-refractivity contribution is 5.75. The van der Waals surface area contributed by atoms with Gasteiger partial charge in [-0.15, -0.1) is 0 Å². The maximum absolute atomic E-state index is 13.7. The molecule has 2 aliphatic rings. The van der Waals surface area contributed by atoms with Crippen LogP contribution >= 0.6 is 0 Å². The molecule has 3 rings (SSSR count). The fraction of sp³-hybridized carbons (Fsp3) is 0.652. The molecule has 6 nitrogen and oxygen atoms in total. The predicted octanol–water partition coefficient (Wildman–Crippen LogP) is 3.26. The van der Waals surface area contributed by atoms with Gasteiger partial charge in [0.05, 0.1) is 6.04 Å². The lowest BCUT2D eigenvalue weighted by molar-refractivity contribution is -0.131. The number of hydrogen-bond acceptors (Lipinski definition) is 3. The van der Waals surface area contributed by atoms with Crippen LogP contribution in [0.4, 0.5) is 9.18 Å². The normalized spacial score (nSPS) is 23.0. The number of likely N-dealkylation sites (tertiary alicyclic amines) is 1. The van der Waals surface area contributed by atoms with Gasteiger partial charge in [-0.1, -0.05) is 6.07 Å². The Hall–Kier alpha value is -2.15. The first-order chi connectivity index (χ1) is 14.2. The molecule has 1 aromatic rings. The summed E-state index contributed by atoms with van der Waals surface area (Å²) in [6.45, 7) is 11.5. The van der Waals surface area contributed by atoms with Crippen molar-refractivity contribution in [3.8, 4) is 0 Å². The summed E-state index contributed by atoms with van der Waals surface area (Å²) in [4.78, 5) is 33.0. The Morgan fingerprint density at radius 2 is 1.80 bits per heavy atom. The molecule has 2 aliphatic heterocycles. The zero-order valence-electron chi connectivity index (χ0n) is 18.9. The van der Waals surface area contributed by atoms with Crippen LogP contribution in [0.1, 0.15) is 50.8 Å². The maximum Gasteiger partial charge on any atom is 0.320 e. The van der Waals surface area contributed by atoms with Gasteiger partial charge >= 0.3 is 6.03 Å². The molecule has 2 fully saturated rings. The van der Waals surface area contributed by atoms with Crippen molar-refractivity contribution in [1.29, 1.82) is 0 Å². The molecule has 0 radical (unpaired) electrons. The van der Waals surface area contributed by atoms with Gasteiger partial charge in [-0.2, -0.15) is 0 Å². The molecule has 166 valence electrons. The van der Waals surface area contributed by atoms with Crippen LogP contribution < -0.4 is 0 Å². The van der Waals surface area contributed by atoms with E-state index >= 15 is 0 Å². The lowest BCUT2D eigenvalue weighted by Gasteiger charge is -2.47. The molecule has 0 aromatic heterocycles. The standard InChI is InChI=1S/C23H35FN4O2/c1-16(2)25(5)23(30)28-9-8-20(27-12-10-26(11-13-27)18(4)29)15-22(28)21-7-6-19(24)14-17(21)3/h6-7,14,16,20,22H,8-13,15H2,1-5H3. The predicted molar refractivity (Wildman–Crippen MR) is 116 cm³/mol. The quantitative estimate of drug-likeness (QED) is 0.757. The molecule has 30 heavy (non-hydrogen) atoms. The van der Waals surface area contributed by atoms with Gasteiger partial charge in [0.2, 0.25) is 5.91 Å². The smallest absolute Gasteiger partial charge is 0.320 e. The summed E-state index contributed by atoms with van der Waals surface area (Å²) >= 11 is 0. The molecule has 0 spiro atoms. The summed E-state index contributed by atoms with van der Waals surface area (Å²) in [6, 6.07) is 5.29. The molecule has 0 saturated carbocycles. The number of carbonyl (C=O) groups excluding carboxylic acids is 2. The molecule has 2 atom stereocenters. The summed E-state index contributed by atoms with van der Waals surface area (Å²) in [7, 11) is 1.84. The maximum atomic E-state index is 13.7. The molecule has 7 heteroatoms. The number of piperidine rings is 1. The van der Waals surface area contributed by atoms with Crippen molar-refractivity contribution >= 4 is 11.9 Å². The second kappa shape index (κ2) is 9.33. The summed E-state index contributed by atoms with van der Waals surface area (Å²) in [6.07, 6.45) is 1.73. The van der Waals surface area contributed by atoms with Gasteiger partial charge in [-0.05, 0) is 56.9 Å². The van der Waals surface area contributed by atoms with E-state index in [-0.39, 0.29) is 29.8 Å². The van der Waals surface area contributed by atoms with Gasteiger partial charge in [0, 0.05) is 58.8 Å². The van der Waals surface area contributed by atoms with Crippen LogP contribution in [0.2, 0.25) is 0 Å². The van der Waals surface area contributed by atoms with Crippen LogP contribution in [0, 0.1) is 12.7 Å². The first-order valence-corrected chi connectivity index (χ1v) is 11.0. The number of amides is 3. The van der Waals surface area contributed by atoms with Crippen LogP contribution in [-0.4, -0.2) is 83.4 Å². The van der Waals surface area contributed by atoms with Crippen LogP contribution in [0.5, 0.6) is 0 Å². The van der Waals surface area contributed by atoms with Crippen molar-refractivity contribution in [2.24, 2.45) is 0 Å². The van der Waals surface area contributed by atoms with Gasteiger partial charge in [0.15, 0.2) is 0 Å². The zero-order valence-corrected chi connectivity index (χ0v) is 18.9. The van der Waals surface area contributed by atoms with E-state index in [0.29, 0.717) is 12.6 Å². The van der Waals surface area contributed by atoms with Crippen molar-refractivity contribution in [3.05, 3.63) is 35.1 Å². The summed E-state index contributed by atoms with van der Waals surface area (Å²) < 4.78 is 13.7. The Kier molecular flexibility index (Phi) is 7.01. The summed E-state index contributed by atoms with van der Waals surface area (Å²) in [5, 5.41) is 0. The SMILES string of the molecule is CC(=O)N1CCN(C2CCN(C(=O)N(C)C(C)C)C(c3ccc(F)cc3C)C2)CC1. The lowest BCUT2D eigenvalue weighted by atomic mass is 9.88. The molecule has 1 aromatic carbocycles. The Morgan fingerprint density at radius 3 is 2.37 bits per heavy atom. The van der Waals surface area contributed by atoms with Crippen molar-refractivity contribution < 1.29 is 14.0 Å². The highest BCUT2D eigenvalue weighted by Crippen LogP contribution is 2.36. The van der Waals surface area contributed by atoms with E-state index in [1.165, 1.54) is 6.07 Å². The van der Waals surface area contributed by atoms with E-state index < -0.39 is 0 Å². The Bertz CT molecular complexity index is 776. The molecular weight excluding hydrogens is 383 g/mol. The number of hydrogen-bond donors (Lipinski definition) is 0. The van der Waals surface area contributed by atoms with E-state index in [1.807, 2.05) is 43.7 Å². The molecule has 0 bridgehead atoms. The number of rotatable bonds is 3. The van der Waals surface area contributed by atoms with Gasteiger partial charge in [-0.25, -0.2) is 9.18 Å². The van der Waals surface area contributed by atoms with Crippen molar-refractivity contribution in [3.63, 3.8) is 0 Å². The van der Waals surface area contributed by atoms with Crippen molar-refractivity contribution in [2.75, 3.05) is 39.8 Å². The Balaban J connectivity index is 1.82. The number of carbonyl (C=O) groups is 2. The highest BCUT2D eigenvalue weighted by atomic mass is 19.1. The first-order valence-electron chi connectivity index (χ1n) is 11.0. The molecule has 0 N–H and O–H groups in total. The molecule has 2 saturated heterocycles. The minimum Gasteiger partial charge on any atom is -0.340 e. The molecule has 3 amide bonds. The lowest BCUT2D eigenvalue weighted by Crippen LogP contribution is -2.56. The fourth-order valence-corrected chi connectivity index (χ4v) is 4.64. The average Bonchev–Trinajstić information content (AvgIpc) is 2.72. The minimum absolute atomic E-state index is 0.0265. The third kappa shape index (κ3) is 4.77. The van der Waals surface area contributed by atoms with Crippen LogP contribution in [-0.2, 0) is 4.79 Å². The van der Waals surface area contributed by atoms with E-state index in [0.717, 1.165) is 50.1 Å². The molecular formula is C23H35FN4O2. The van der Waals surface area contributed by atoms with Crippen LogP contribution in [0.3, 0.4) is 0 Å². The number of urea groups is 1. The minimum atomic E-state index is -0.249. The number of halogens is 1. The Labute approximate surface area is 179 Å². The Morgan fingerprint density at radius 1 is 1.13 bits per heavy atom. The van der Waals surface area contributed by atoms with E-state index in [1.54, 1.807) is 17.9 Å². The fourth-order valence-electron chi connectivity index (χ4n) is 4.64. The number of nitrogens with zero attached hydrogens (tertiary/aromatic N) is 4. The second-order valence-electron chi connectivity index (χ2n) is 8.92. The zero-order chi connectivity index (χ0) is 22.0. The third-order valence-electron chi connectivity index (χ3n) is 6.76. The average molecular weight is 419 g/mol. The summed E-state index contributed by atoms with van der Waals surface area (Å²) in [5.41, 5.74) is 1.90. The van der Waals surface area contributed by atoms with Crippen molar-refractivity contribution in [1.82, 2.24) is 19.6 Å². The topological polar surface area (TPSA) is 47.1 Å². The second-order valence-corrected chi connectivity index (χ2v) is 8.92. The molecule has 2 heterocycles. The van der Waals surface area contributed by atoms with E-state index in [9.17, 15) is 14.0 Å². The first kappa shape index (κ1) is 22.5. The number of aryl methyl sites for hydroxylation is 1. The molecule has 0 aliphatic carbocycles. The molecule has 2 unspecified atom stereocenters. The van der Waals surface area contributed by atoms with E-state index in [4.69, 9.17) is 0 Å². The monoisotopic (exact) mass is 418 g/mol. The number of piperazine rings is 1. The van der Waals surface area contributed by atoms with Gasteiger partial charge < -0.3 is 14.7 Å². The third-order valence-corrected chi connectivity index (χ3v) is 6.76. The largest absolute Gasteiger partial charge is 0.340 e. The van der Waals surface area contributed by atoms with Gasteiger partial charge in [-0.3, -0.25) is 9.69 Å². The van der Waals surface area contributed by atoms with Gasteiger partial charge in [0.1, 0.15) is 5.82 Å². The highest BCUT2D eigenvalue weighted by Gasteiger charge is 2.38. The summed E-state index contributed by atoms with van der Waals surface area (Å²) in [5.74, 6) is -0.118. The van der Waals surface area contributed by atoms with Crippen LogP contribution in [0.15, 0.2) is 18.2 Å². The van der Waals surface area contributed by atoms with Gasteiger partial charge in [0.25, 0.3) is 0 Å². The van der Waals surface area contributed by atoms with E-state index in [2.05, 4.69) is 4.90 Å². The van der Waals surface area contributed by atoms with Crippen LogP contribution in [0.25, 0.3) is 0 Å². The number of benzene rings is 1.